The van der Waals surface area contributed by atoms with Gasteiger partial charge in [0.25, 0.3) is 0 Å². The number of alkyl halides is 3. The van der Waals surface area contributed by atoms with E-state index in [1.807, 2.05) is 0 Å². The van der Waals surface area contributed by atoms with Crippen LogP contribution in [0.15, 0.2) is 12.3 Å². The smallest absolute Gasteiger partial charge is 0.406 e. The number of hydrogen-bond acceptors (Lipinski definition) is 4. The molecule has 0 bridgehead atoms. The van der Waals surface area contributed by atoms with Crippen molar-refractivity contribution in [3.05, 3.63) is 18.0 Å². The van der Waals surface area contributed by atoms with Crippen LogP contribution in [0.3, 0.4) is 0 Å². The number of nitrogens with zero attached hydrogens (tertiary/aromatic N) is 3. The van der Waals surface area contributed by atoms with Crippen molar-refractivity contribution in [1.29, 1.82) is 0 Å². The highest BCUT2D eigenvalue weighted by atomic mass is 19.4. The van der Waals surface area contributed by atoms with Gasteiger partial charge in [-0.3, -0.25) is 0 Å². The first kappa shape index (κ1) is 13.2. The van der Waals surface area contributed by atoms with Crippen molar-refractivity contribution in [1.82, 2.24) is 9.97 Å². The average molecular weight is 249 g/mol. The molecule has 0 atom stereocenters. The molecular weight excluding hydrogens is 239 g/mol. The molecule has 1 rings (SSSR count). The lowest BCUT2D eigenvalue weighted by Gasteiger charge is -2.21. The van der Waals surface area contributed by atoms with Gasteiger partial charge in [0.05, 0.1) is 0 Å². The summed E-state index contributed by atoms with van der Waals surface area (Å²) in [5.74, 6) is -1.55. The summed E-state index contributed by atoms with van der Waals surface area (Å²) in [6.07, 6.45) is -3.27. The van der Waals surface area contributed by atoms with Crippen molar-refractivity contribution in [3.63, 3.8) is 0 Å². The van der Waals surface area contributed by atoms with Crippen LogP contribution in [0, 0.1) is 0 Å². The molecule has 8 heteroatoms. The summed E-state index contributed by atoms with van der Waals surface area (Å²) in [5, 5.41) is 8.67. The normalized spacial score (nSPS) is 11.3. The topological polar surface area (TPSA) is 66.3 Å². The largest absolute Gasteiger partial charge is 0.477 e. The first-order chi connectivity index (χ1) is 7.83. The Balaban J connectivity index is 2.96. The summed E-state index contributed by atoms with van der Waals surface area (Å²) < 4.78 is 36.7. The van der Waals surface area contributed by atoms with Gasteiger partial charge in [-0.1, -0.05) is 0 Å². The van der Waals surface area contributed by atoms with Gasteiger partial charge in [-0.05, 0) is 13.0 Å². The molecule has 94 valence electrons. The minimum atomic E-state index is -4.39. The fraction of sp³-hybridized carbons (Fsp3) is 0.444. The first-order valence-corrected chi connectivity index (χ1v) is 4.71. The molecule has 1 aromatic heterocycles. The van der Waals surface area contributed by atoms with E-state index in [0.717, 1.165) is 17.2 Å². The maximum absolute atomic E-state index is 12.2. The summed E-state index contributed by atoms with van der Waals surface area (Å²) in [6.45, 7) is 0.317. The highest BCUT2D eigenvalue weighted by Crippen LogP contribution is 2.19. The lowest BCUT2D eigenvalue weighted by Crippen LogP contribution is -2.35. The van der Waals surface area contributed by atoms with E-state index >= 15 is 0 Å². The summed E-state index contributed by atoms with van der Waals surface area (Å²) in [4.78, 5) is 18.6. The standard InChI is InChI=1S/C9H10F3N3O2/c1-2-15(5-9(10,11)12)8-13-4-3-6(14-8)7(16)17/h3-4H,2,5H2,1H3,(H,16,17). The maximum Gasteiger partial charge on any atom is 0.406 e. The Morgan fingerprint density at radius 2 is 2.18 bits per heavy atom. The zero-order valence-electron chi connectivity index (χ0n) is 8.90. The zero-order chi connectivity index (χ0) is 13.1. The molecule has 0 aliphatic rings. The van der Waals surface area contributed by atoms with E-state index in [0.29, 0.717) is 0 Å². The molecule has 5 nitrogen and oxygen atoms in total. The van der Waals surface area contributed by atoms with E-state index in [1.165, 1.54) is 6.92 Å². The van der Waals surface area contributed by atoms with Crippen LogP contribution < -0.4 is 4.90 Å². The number of carboxylic acids is 1. The third kappa shape index (κ3) is 3.89. The summed E-state index contributed by atoms with van der Waals surface area (Å²) >= 11 is 0. The van der Waals surface area contributed by atoms with Gasteiger partial charge in [0.2, 0.25) is 5.95 Å². The number of halogens is 3. The van der Waals surface area contributed by atoms with E-state index in [1.54, 1.807) is 0 Å². The molecule has 0 amide bonds. The van der Waals surface area contributed by atoms with Gasteiger partial charge in [-0.2, -0.15) is 13.2 Å². The third-order valence-electron chi connectivity index (χ3n) is 1.90. The van der Waals surface area contributed by atoms with E-state index in [9.17, 15) is 18.0 Å². The number of rotatable bonds is 4. The molecule has 17 heavy (non-hydrogen) atoms. The highest BCUT2D eigenvalue weighted by molar-refractivity contribution is 5.85. The van der Waals surface area contributed by atoms with Crippen LogP contribution in [0.4, 0.5) is 19.1 Å². The molecule has 0 aliphatic carbocycles. The Morgan fingerprint density at radius 3 is 2.65 bits per heavy atom. The summed E-state index contributed by atoms with van der Waals surface area (Å²) in [7, 11) is 0. The van der Waals surface area contributed by atoms with Gasteiger partial charge < -0.3 is 10.0 Å². The fourth-order valence-electron chi connectivity index (χ4n) is 1.16. The molecule has 1 N–H and O–H groups in total. The maximum atomic E-state index is 12.2. The second-order valence-electron chi connectivity index (χ2n) is 3.18. The Kier molecular flexibility index (Phi) is 3.87. The molecule has 0 spiro atoms. The van der Waals surface area contributed by atoms with Gasteiger partial charge >= 0.3 is 12.1 Å². The van der Waals surface area contributed by atoms with Gasteiger partial charge in [-0.25, -0.2) is 14.8 Å². The van der Waals surface area contributed by atoms with Crippen molar-refractivity contribution in [2.75, 3.05) is 18.0 Å². The quantitative estimate of drug-likeness (QED) is 0.877. The molecule has 0 saturated heterocycles. The monoisotopic (exact) mass is 249 g/mol. The SMILES string of the molecule is CCN(CC(F)(F)F)c1nccc(C(=O)O)n1. The number of aromatic nitrogens is 2. The van der Waals surface area contributed by atoms with Gasteiger partial charge in [0, 0.05) is 12.7 Å². The average Bonchev–Trinajstić information content (AvgIpc) is 2.25. The Hall–Kier alpha value is -1.86. The van der Waals surface area contributed by atoms with E-state index in [2.05, 4.69) is 9.97 Å². The van der Waals surface area contributed by atoms with Crippen molar-refractivity contribution in [2.45, 2.75) is 13.1 Å². The number of anilines is 1. The van der Waals surface area contributed by atoms with Crippen LogP contribution in [-0.4, -0.2) is 40.3 Å². The predicted molar refractivity (Wildman–Crippen MR) is 52.9 cm³/mol. The molecule has 1 aromatic rings. The molecule has 0 radical (unpaired) electrons. The Bertz CT molecular complexity index is 409. The van der Waals surface area contributed by atoms with E-state index in [-0.39, 0.29) is 18.2 Å². The molecule has 0 aromatic carbocycles. The van der Waals surface area contributed by atoms with Gasteiger partial charge in [-0.15, -0.1) is 0 Å². The molecule has 0 saturated carbocycles. The van der Waals surface area contributed by atoms with Crippen molar-refractivity contribution in [3.8, 4) is 0 Å². The van der Waals surface area contributed by atoms with Crippen LogP contribution in [0.1, 0.15) is 17.4 Å². The number of carboxylic acid groups (broad SMARTS) is 1. The number of hydrogen-bond donors (Lipinski definition) is 1. The van der Waals surface area contributed by atoms with Crippen molar-refractivity contribution in [2.24, 2.45) is 0 Å². The molecule has 0 aliphatic heterocycles. The van der Waals surface area contributed by atoms with Crippen molar-refractivity contribution < 1.29 is 23.1 Å². The third-order valence-corrected chi connectivity index (χ3v) is 1.90. The van der Waals surface area contributed by atoms with E-state index in [4.69, 9.17) is 5.11 Å². The summed E-state index contributed by atoms with van der Waals surface area (Å²) in [5.41, 5.74) is -0.337. The number of carbonyl (C=O) groups is 1. The first-order valence-electron chi connectivity index (χ1n) is 4.71. The van der Waals surface area contributed by atoms with Crippen LogP contribution >= 0.6 is 0 Å². The zero-order valence-corrected chi connectivity index (χ0v) is 8.90. The molecule has 1 heterocycles. The Labute approximate surface area is 94.9 Å². The molecule has 0 unspecified atom stereocenters. The Morgan fingerprint density at radius 1 is 1.53 bits per heavy atom. The summed E-state index contributed by atoms with van der Waals surface area (Å²) in [6, 6.07) is 1.12. The minimum absolute atomic E-state index is 0.0303. The van der Waals surface area contributed by atoms with E-state index < -0.39 is 18.7 Å². The number of aromatic carboxylic acids is 1. The van der Waals surface area contributed by atoms with Crippen LogP contribution in [0.5, 0.6) is 0 Å². The second-order valence-corrected chi connectivity index (χ2v) is 3.18. The fourth-order valence-corrected chi connectivity index (χ4v) is 1.16. The molecular formula is C9H10F3N3O2. The van der Waals surface area contributed by atoms with Crippen molar-refractivity contribution >= 4 is 11.9 Å². The van der Waals surface area contributed by atoms with Gasteiger partial charge in [0.15, 0.2) is 5.69 Å². The van der Waals surface area contributed by atoms with Crippen LogP contribution in [-0.2, 0) is 0 Å². The lowest BCUT2D eigenvalue weighted by molar-refractivity contribution is -0.119. The second kappa shape index (κ2) is 4.98. The predicted octanol–water partition coefficient (Wildman–Crippen LogP) is 1.56. The lowest BCUT2D eigenvalue weighted by atomic mass is 10.4. The van der Waals surface area contributed by atoms with Gasteiger partial charge in [0.1, 0.15) is 6.54 Å². The highest BCUT2D eigenvalue weighted by Gasteiger charge is 2.31. The molecule has 0 fully saturated rings. The minimum Gasteiger partial charge on any atom is -0.477 e. The van der Waals surface area contributed by atoms with Crippen LogP contribution in [0.25, 0.3) is 0 Å². The van der Waals surface area contributed by atoms with Crippen LogP contribution in [0.2, 0.25) is 0 Å².